The highest BCUT2D eigenvalue weighted by atomic mass is 16.5. The first kappa shape index (κ1) is 16.9. The molecule has 1 aromatic carbocycles. The fourth-order valence-corrected chi connectivity index (χ4v) is 2.71. The summed E-state index contributed by atoms with van der Waals surface area (Å²) in [6, 6.07) is 7.46. The molecule has 1 aromatic rings. The number of aromatic nitrogens is 3. The Labute approximate surface area is 144 Å². The van der Waals surface area contributed by atoms with E-state index < -0.39 is 5.97 Å². The van der Waals surface area contributed by atoms with E-state index in [1.54, 1.807) is 24.1 Å². The number of methoxy groups -OCH3 is 2. The van der Waals surface area contributed by atoms with Crippen LogP contribution in [0.5, 0.6) is 0 Å². The van der Waals surface area contributed by atoms with E-state index in [4.69, 9.17) is 9.47 Å². The number of carbonyl (C=O) groups excluding carboxylic acids is 1. The maximum Gasteiger partial charge on any atom is 0.341 e. The van der Waals surface area contributed by atoms with Gasteiger partial charge in [0, 0.05) is 26.0 Å². The number of rotatable bonds is 5. The number of ether oxygens (including phenoxy) is 2. The molecule has 0 fully saturated rings. The standard InChI is InChI=1S/C18H19N3O4/c1-12-6-4-5-7-15(12)21-17(22)13-10-20(8-9-24-2)11-14(16(13)19-21)18(23)25-3/h4-7,10-11H,8-9H2,1-3H3. The first-order chi connectivity index (χ1) is 12.1. The van der Waals surface area contributed by atoms with Gasteiger partial charge in [0.15, 0.2) is 0 Å². The van der Waals surface area contributed by atoms with Crippen LogP contribution < -0.4 is 5.56 Å². The molecule has 0 radical (unpaired) electrons. The zero-order valence-corrected chi connectivity index (χ0v) is 14.4. The Morgan fingerprint density at radius 3 is 2.64 bits per heavy atom. The van der Waals surface area contributed by atoms with Crippen molar-refractivity contribution in [3.63, 3.8) is 0 Å². The monoisotopic (exact) mass is 341 g/mol. The molecule has 2 heterocycles. The minimum atomic E-state index is -0.536. The van der Waals surface area contributed by atoms with E-state index >= 15 is 0 Å². The Bertz CT molecular complexity index is 942. The number of benzene rings is 1. The number of hydrogen-bond donors (Lipinski definition) is 0. The molecule has 0 aliphatic carbocycles. The van der Waals surface area contributed by atoms with E-state index in [0.717, 1.165) is 5.56 Å². The fourth-order valence-electron chi connectivity index (χ4n) is 2.71. The molecule has 0 N–H and O–H groups in total. The molecule has 0 spiro atoms. The maximum atomic E-state index is 12.9. The van der Waals surface area contributed by atoms with Crippen LogP contribution in [0, 0.1) is 6.92 Å². The van der Waals surface area contributed by atoms with E-state index in [-0.39, 0.29) is 11.1 Å². The summed E-state index contributed by atoms with van der Waals surface area (Å²) < 4.78 is 13.0. The molecule has 3 rings (SSSR count). The Morgan fingerprint density at radius 2 is 1.96 bits per heavy atom. The van der Waals surface area contributed by atoms with Gasteiger partial charge >= 0.3 is 5.97 Å². The normalized spacial score (nSPS) is 11.0. The van der Waals surface area contributed by atoms with Crippen LogP contribution in [0.1, 0.15) is 15.9 Å². The minimum Gasteiger partial charge on any atom is -0.465 e. The van der Waals surface area contributed by atoms with Crippen molar-refractivity contribution in [1.29, 1.82) is 0 Å². The van der Waals surface area contributed by atoms with Crippen LogP contribution in [-0.2, 0) is 16.0 Å². The highest BCUT2D eigenvalue weighted by molar-refractivity contribution is 5.96. The number of carbonyl (C=O) groups is 1. The summed E-state index contributed by atoms with van der Waals surface area (Å²) in [6.45, 7) is 2.86. The lowest BCUT2D eigenvalue weighted by atomic mass is 10.1. The second-order valence-corrected chi connectivity index (χ2v) is 5.66. The molecule has 0 amide bonds. The molecule has 0 atom stereocenters. The van der Waals surface area contributed by atoms with Crippen LogP contribution in [0.2, 0.25) is 0 Å². The third-order valence-corrected chi connectivity index (χ3v) is 4.03. The summed E-state index contributed by atoms with van der Waals surface area (Å²) in [5, 5.41) is 4.39. The second-order valence-electron chi connectivity index (χ2n) is 5.66. The minimum absolute atomic E-state index is 0.250. The number of esters is 1. The highest BCUT2D eigenvalue weighted by Gasteiger charge is 2.25. The maximum absolute atomic E-state index is 12.9. The van der Waals surface area contributed by atoms with Gasteiger partial charge in [-0.05, 0) is 18.6 Å². The Hall–Kier alpha value is -2.93. The lowest BCUT2D eigenvalue weighted by Gasteiger charge is -2.10. The summed E-state index contributed by atoms with van der Waals surface area (Å²) in [6.07, 6.45) is 3.31. The van der Waals surface area contributed by atoms with E-state index in [9.17, 15) is 9.59 Å². The van der Waals surface area contributed by atoms with E-state index in [0.29, 0.717) is 30.1 Å². The van der Waals surface area contributed by atoms with Gasteiger partial charge in [0.1, 0.15) is 11.3 Å². The van der Waals surface area contributed by atoms with Crippen molar-refractivity contribution in [3.8, 4) is 16.9 Å². The topological polar surface area (TPSA) is 75.3 Å². The third-order valence-electron chi connectivity index (χ3n) is 4.03. The molecule has 0 saturated carbocycles. The summed E-state index contributed by atoms with van der Waals surface area (Å²) >= 11 is 0. The lowest BCUT2D eigenvalue weighted by Crippen LogP contribution is -2.17. The molecule has 0 bridgehead atoms. The predicted octanol–water partition coefficient (Wildman–Crippen LogP) is 1.88. The average Bonchev–Trinajstić information content (AvgIpc) is 2.96. The molecule has 0 aromatic heterocycles. The van der Waals surface area contributed by atoms with Gasteiger partial charge in [0.05, 0.1) is 25.0 Å². The van der Waals surface area contributed by atoms with Crippen LogP contribution in [0.25, 0.3) is 16.9 Å². The zero-order chi connectivity index (χ0) is 18.0. The molecule has 2 aliphatic rings. The predicted molar refractivity (Wildman–Crippen MR) is 92.4 cm³/mol. The number of nitrogens with zero attached hydrogens (tertiary/aromatic N) is 3. The molecular weight excluding hydrogens is 322 g/mol. The van der Waals surface area contributed by atoms with Crippen molar-refractivity contribution in [2.24, 2.45) is 0 Å². The first-order valence-electron chi connectivity index (χ1n) is 7.83. The molecule has 2 aliphatic heterocycles. The lowest BCUT2D eigenvalue weighted by molar-refractivity contribution is 0.0600. The first-order valence-corrected chi connectivity index (χ1v) is 7.83. The summed E-state index contributed by atoms with van der Waals surface area (Å²) in [5.41, 5.74) is 2.26. The number of hydrogen-bond acceptors (Lipinski definition) is 5. The molecular formula is C18H19N3O4. The third kappa shape index (κ3) is 3.06. The van der Waals surface area contributed by atoms with Crippen molar-refractivity contribution in [2.75, 3.05) is 20.8 Å². The highest BCUT2D eigenvalue weighted by Crippen LogP contribution is 2.23. The van der Waals surface area contributed by atoms with Crippen LogP contribution in [0.15, 0.2) is 41.5 Å². The molecule has 130 valence electrons. The van der Waals surface area contributed by atoms with Gasteiger partial charge in [-0.25, -0.2) is 4.79 Å². The van der Waals surface area contributed by atoms with Gasteiger partial charge < -0.3 is 14.0 Å². The fraction of sp³-hybridized carbons (Fsp3) is 0.278. The Kier molecular flexibility index (Phi) is 4.67. The molecule has 25 heavy (non-hydrogen) atoms. The number of para-hydroxylation sites is 1. The average molecular weight is 341 g/mol. The van der Waals surface area contributed by atoms with Crippen LogP contribution in [0.4, 0.5) is 0 Å². The van der Waals surface area contributed by atoms with E-state index in [1.165, 1.54) is 11.8 Å². The molecule has 7 nitrogen and oxygen atoms in total. The zero-order valence-electron chi connectivity index (χ0n) is 14.4. The van der Waals surface area contributed by atoms with Crippen molar-refractivity contribution in [1.82, 2.24) is 14.3 Å². The molecule has 0 unspecified atom stereocenters. The number of aryl methyl sites for hydroxylation is 1. The second kappa shape index (κ2) is 6.90. The molecule has 7 heteroatoms. The summed E-state index contributed by atoms with van der Waals surface area (Å²) in [7, 11) is 2.90. The SMILES string of the molecule is COCCn1cc(C(=O)OC)c2nn(-c3ccccc3C)c(=O)c-2c1. The van der Waals surface area contributed by atoms with Crippen molar-refractivity contribution >= 4 is 5.97 Å². The van der Waals surface area contributed by atoms with E-state index in [1.807, 2.05) is 31.2 Å². The van der Waals surface area contributed by atoms with Gasteiger partial charge in [-0.15, -0.1) is 0 Å². The number of fused-ring (bicyclic) bond motifs is 1. The van der Waals surface area contributed by atoms with Crippen molar-refractivity contribution in [3.05, 3.63) is 58.1 Å². The van der Waals surface area contributed by atoms with Crippen molar-refractivity contribution < 1.29 is 14.3 Å². The largest absolute Gasteiger partial charge is 0.465 e. The van der Waals surface area contributed by atoms with E-state index in [2.05, 4.69) is 5.10 Å². The van der Waals surface area contributed by atoms with Crippen LogP contribution >= 0.6 is 0 Å². The Balaban J connectivity index is 2.25. The summed E-state index contributed by atoms with van der Waals surface area (Å²) in [5.74, 6) is -0.536. The Morgan fingerprint density at radius 1 is 1.20 bits per heavy atom. The quantitative estimate of drug-likeness (QED) is 0.662. The van der Waals surface area contributed by atoms with Gasteiger partial charge in [0.25, 0.3) is 5.56 Å². The molecule has 0 saturated heterocycles. The summed E-state index contributed by atoms with van der Waals surface area (Å²) in [4.78, 5) is 25.0. The van der Waals surface area contributed by atoms with Gasteiger partial charge in [0.2, 0.25) is 0 Å². The smallest absolute Gasteiger partial charge is 0.341 e. The van der Waals surface area contributed by atoms with Gasteiger partial charge in [-0.3, -0.25) is 4.79 Å². The van der Waals surface area contributed by atoms with Crippen molar-refractivity contribution in [2.45, 2.75) is 13.5 Å². The van der Waals surface area contributed by atoms with Gasteiger partial charge in [-0.1, -0.05) is 18.2 Å². The van der Waals surface area contributed by atoms with Crippen LogP contribution in [-0.4, -0.2) is 41.1 Å². The van der Waals surface area contributed by atoms with Crippen LogP contribution in [0.3, 0.4) is 0 Å². The number of pyridine rings is 1. The van der Waals surface area contributed by atoms with Gasteiger partial charge in [-0.2, -0.15) is 9.78 Å².